The first-order valence-electron chi connectivity index (χ1n) is 13.5. The number of carbonyl (C=O) groups is 1. The van der Waals surface area contributed by atoms with Crippen molar-refractivity contribution in [3.63, 3.8) is 0 Å². The first-order valence-corrected chi connectivity index (χ1v) is 13.5. The van der Waals surface area contributed by atoms with Crippen molar-refractivity contribution in [1.82, 2.24) is 25.3 Å². The summed E-state index contributed by atoms with van der Waals surface area (Å²) in [5, 5.41) is 2.40. The maximum absolute atomic E-state index is 13.7. The number of ether oxygens (including phenoxy) is 3. The van der Waals surface area contributed by atoms with E-state index >= 15 is 0 Å². The van der Waals surface area contributed by atoms with Gasteiger partial charge in [0, 0.05) is 42.8 Å². The molecule has 11 heteroatoms. The van der Waals surface area contributed by atoms with Gasteiger partial charge in [-0.3, -0.25) is 10.2 Å². The Balaban J connectivity index is 1.54. The second-order valence-electron chi connectivity index (χ2n) is 9.93. The lowest BCUT2D eigenvalue weighted by Crippen LogP contribution is -2.40. The molecule has 0 radical (unpaired) electrons. The second-order valence-corrected chi connectivity index (χ2v) is 9.93. The van der Waals surface area contributed by atoms with Crippen LogP contribution >= 0.6 is 0 Å². The minimum atomic E-state index is -0.298. The summed E-state index contributed by atoms with van der Waals surface area (Å²) in [5.74, 6) is 2.08. The molecule has 4 aromatic rings. The molecule has 2 aromatic carbocycles. The van der Waals surface area contributed by atoms with Crippen LogP contribution < -0.4 is 24.8 Å². The number of carbonyl (C=O) groups excluding carboxylic acids is 1. The maximum Gasteiger partial charge on any atom is 0.270 e. The molecule has 1 saturated heterocycles. The zero-order chi connectivity index (χ0) is 28.8. The van der Waals surface area contributed by atoms with Gasteiger partial charge in [0.05, 0.1) is 31.5 Å². The zero-order valence-electron chi connectivity index (χ0n) is 23.8. The lowest BCUT2D eigenvalue weighted by molar-refractivity contribution is 0.0953. The predicted molar refractivity (Wildman–Crippen MR) is 158 cm³/mol. The SMILES string of the molecule is COc1cc2ncnc(N(NC(=O)c3ccnc(N4CCOCC4)c3)c3ccccc3C)c2cc1OCCN(C)C. The monoisotopic (exact) mass is 557 g/mol. The Morgan fingerprint density at radius 3 is 2.61 bits per heavy atom. The molecule has 0 atom stereocenters. The number of hydrogen-bond donors (Lipinski definition) is 1. The molecule has 1 amide bonds. The van der Waals surface area contributed by atoms with E-state index in [0.29, 0.717) is 53.6 Å². The molecular weight excluding hydrogens is 522 g/mol. The molecule has 11 nitrogen and oxygen atoms in total. The quantitative estimate of drug-likeness (QED) is 0.291. The highest BCUT2D eigenvalue weighted by Gasteiger charge is 2.22. The van der Waals surface area contributed by atoms with Crippen molar-refractivity contribution in [3.05, 3.63) is 72.2 Å². The number of anilines is 3. The second kappa shape index (κ2) is 12.8. The number of aromatic nitrogens is 3. The molecule has 0 unspecified atom stereocenters. The summed E-state index contributed by atoms with van der Waals surface area (Å²) >= 11 is 0. The van der Waals surface area contributed by atoms with Gasteiger partial charge in [0.1, 0.15) is 18.8 Å². The lowest BCUT2D eigenvalue weighted by Gasteiger charge is -2.29. The Labute approximate surface area is 239 Å². The third kappa shape index (κ3) is 6.47. The van der Waals surface area contributed by atoms with Crippen molar-refractivity contribution < 1.29 is 19.0 Å². The van der Waals surface area contributed by atoms with Gasteiger partial charge in [-0.15, -0.1) is 0 Å². The normalized spacial score (nSPS) is 13.3. The van der Waals surface area contributed by atoms with E-state index in [1.165, 1.54) is 6.33 Å². The van der Waals surface area contributed by atoms with Gasteiger partial charge in [-0.2, -0.15) is 0 Å². The van der Waals surface area contributed by atoms with Crippen molar-refractivity contribution in [3.8, 4) is 11.5 Å². The van der Waals surface area contributed by atoms with Gasteiger partial charge in [0.2, 0.25) is 0 Å². The first kappa shape index (κ1) is 28.1. The average molecular weight is 558 g/mol. The van der Waals surface area contributed by atoms with Crippen molar-refractivity contribution >= 4 is 34.1 Å². The number of aryl methyl sites for hydroxylation is 1. The maximum atomic E-state index is 13.7. The van der Waals surface area contributed by atoms with Crippen LogP contribution in [0.4, 0.5) is 17.3 Å². The molecule has 0 saturated carbocycles. The largest absolute Gasteiger partial charge is 0.493 e. The summed E-state index contributed by atoms with van der Waals surface area (Å²) in [4.78, 5) is 31.5. The van der Waals surface area contributed by atoms with Gasteiger partial charge < -0.3 is 24.0 Å². The number of fused-ring (bicyclic) bond motifs is 1. The lowest BCUT2D eigenvalue weighted by atomic mass is 10.1. The Morgan fingerprint density at radius 1 is 1.05 bits per heavy atom. The molecule has 214 valence electrons. The van der Waals surface area contributed by atoms with E-state index in [1.807, 2.05) is 62.3 Å². The van der Waals surface area contributed by atoms with Gasteiger partial charge in [0.25, 0.3) is 5.91 Å². The highest BCUT2D eigenvalue weighted by molar-refractivity contribution is 5.99. The summed E-state index contributed by atoms with van der Waals surface area (Å²) in [6, 6.07) is 15.0. The third-order valence-corrected chi connectivity index (χ3v) is 6.82. The molecule has 1 fully saturated rings. The fraction of sp³-hybridized carbons (Fsp3) is 0.333. The van der Waals surface area contributed by atoms with Crippen molar-refractivity contribution in [1.29, 1.82) is 0 Å². The van der Waals surface area contributed by atoms with E-state index in [4.69, 9.17) is 14.2 Å². The number of hydrazine groups is 1. The number of likely N-dealkylation sites (N-methyl/N-ethyl adjacent to an activating group) is 1. The van der Waals surface area contributed by atoms with Crippen LogP contribution in [0.2, 0.25) is 0 Å². The molecule has 41 heavy (non-hydrogen) atoms. The predicted octanol–water partition coefficient (Wildman–Crippen LogP) is 3.60. The molecular formula is C30H35N7O4. The van der Waals surface area contributed by atoms with E-state index in [0.717, 1.165) is 36.7 Å². The van der Waals surface area contributed by atoms with E-state index in [1.54, 1.807) is 30.4 Å². The summed E-state index contributed by atoms with van der Waals surface area (Å²) in [5.41, 5.74) is 5.95. The van der Waals surface area contributed by atoms with Gasteiger partial charge >= 0.3 is 0 Å². The van der Waals surface area contributed by atoms with Crippen LogP contribution in [-0.2, 0) is 4.74 Å². The Bertz CT molecular complexity index is 1510. The number of para-hydroxylation sites is 1. The standard InChI is InChI=1S/C30H35N7O4/c1-21-7-5-6-8-25(21)37(34-30(38)22-9-10-31-28(17-22)36-12-14-40-15-13-36)29-23-18-27(41-16-11-35(2)3)26(39-4)19-24(23)32-20-33-29/h5-10,17-20H,11-16H2,1-4H3,(H,34,38). The van der Waals surface area contributed by atoms with Crippen LogP contribution in [0.3, 0.4) is 0 Å². The van der Waals surface area contributed by atoms with Gasteiger partial charge in [0.15, 0.2) is 17.3 Å². The van der Waals surface area contributed by atoms with Gasteiger partial charge in [-0.05, 0) is 50.8 Å². The number of amides is 1. The molecule has 1 N–H and O–H groups in total. The van der Waals surface area contributed by atoms with E-state index < -0.39 is 0 Å². The highest BCUT2D eigenvalue weighted by Crippen LogP contribution is 2.37. The fourth-order valence-corrected chi connectivity index (χ4v) is 4.57. The topological polar surface area (TPSA) is 105 Å². The first-order chi connectivity index (χ1) is 19.9. The highest BCUT2D eigenvalue weighted by atomic mass is 16.5. The summed E-state index contributed by atoms with van der Waals surface area (Å²) in [6.07, 6.45) is 3.13. The molecule has 0 aliphatic carbocycles. The zero-order valence-corrected chi connectivity index (χ0v) is 23.8. The number of morpholine rings is 1. The molecule has 5 rings (SSSR count). The smallest absolute Gasteiger partial charge is 0.270 e. The number of nitrogens with one attached hydrogen (secondary N) is 1. The van der Waals surface area contributed by atoms with Crippen LogP contribution in [0.25, 0.3) is 10.9 Å². The minimum absolute atomic E-state index is 0.298. The molecule has 1 aliphatic rings. The Hall–Kier alpha value is -4.48. The molecule has 0 bridgehead atoms. The Kier molecular flexibility index (Phi) is 8.76. The summed E-state index contributed by atoms with van der Waals surface area (Å²) < 4.78 is 17.1. The van der Waals surface area contributed by atoms with Crippen LogP contribution in [0.15, 0.2) is 61.1 Å². The molecule has 0 spiro atoms. The Morgan fingerprint density at radius 2 is 1.85 bits per heavy atom. The molecule has 1 aliphatic heterocycles. The number of hydrogen-bond acceptors (Lipinski definition) is 10. The minimum Gasteiger partial charge on any atom is -0.493 e. The van der Waals surface area contributed by atoms with Crippen molar-refractivity contribution in [2.24, 2.45) is 0 Å². The average Bonchev–Trinajstić information content (AvgIpc) is 3.00. The van der Waals surface area contributed by atoms with Crippen molar-refractivity contribution in [2.75, 3.05) is 70.6 Å². The van der Waals surface area contributed by atoms with Gasteiger partial charge in [-0.1, -0.05) is 18.2 Å². The number of benzene rings is 2. The molecule has 3 heterocycles. The number of rotatable bonds is 10. The summed E-state index contributed by atoms with van der Waals surface area (Å²) in [6.45, 7) is 5.91. The van der Waals surface area contributed by atoms with Crippen LogP contribution in [-0.4, -0.2) is 86.4 Å². The van der Waals surface area contributed by atoms with Gasteiger partial charge in [-0.25, -0.2) is 20.0 Å². The van der Waals surface area contributed by atoms with Crippen LogP contribution in [0.1, 0.15) is 15.9 Å². The number of pyridine rings is 1. The number of methoxy groups -OCH3 is 1. The number of nitrogens with zero attached hydrogens (tertiary/aromatic N) is 6. The van der Waals surface area contributed by atoms with E-state index in [-0.39, 0.29) is 5.91 Å². The van der Waals surface area contributed by atoms with Crippen LogP contribution in [0, 0.1) is 6.92 Å². The van der Waals surface area contributed by atoms with Crippen molar-refractivity contribution in [2.45, 2.75) is 6.92 Å². The van der Waals surface area contributed by atoms with E-state index in [2.05, 4.69) is 25.3 Å². The third-order valence-electron chi connectivity index (χ3n) is 6.82. The molecule has 2 aromatic heterocycles. The summed E-state index contributed by atoms with van der Waals surface area (Å²) in [7, 11) is 5.58. The van der Waals surface area contributed by atoms with Crippen LogP contribution in [0.5, 0.6) is 11.5 Å². The fourth-order valence-electron chi connectivity index (χ4n) is 4.57. The van der Waals surface area contributed by atoms with E-state index in [9.17, 15) is 4.79 Å².